The maximum Gasteiger partial charge on any atom is 0.282 e. The van der Waals surface area contributed by atoms with Crippen molar-refractivity contribution < 1.29 is 9.53 Å². The Bertz CT molecular complexity index is 1530. The lowest BCUT2D eigenvalue weighted by molar-refractivity contribution is -0.118. The molecule has 0 saturated heterocycles. The minimum absolute atomic E-state index is 0.0359. The molecule has 36 heavy (non-hydrogen) atoms. The van der Waals surface area contributed by atoms with Crippen LogP contribution in [-0.2, 0) is 4.79 Å². The van der Waals surface area contributed by atoms with Crippen molar-refractivity contribution in [3.05, 3.63) is 96.9 Å². The Hall–Kier alpha value is -3.30. The number of nitrogens with zero attached hydrogens (tertiary/aromatic N) is 3. The molecular formula is C27H24Br2N4O3. The van der Waals surface area contributed by atoms with E-state index >= 15 is 0 Å². The number of aromatic nitrogens is 2. The molecule has 0 radical (unpaired) electrons. The first-order valence-electron chi connectivity index (χ1n) is 11.3. The van der Waals surface area contributed by atoms with E-state index in [4.69, 9.17) is 4.74 Å². The lowest BCUT2D eigenvalue weighted by Gasteiger charge is -2.13. The Morgan fingerprint density at radius 1 is 1.11 bits per heavy atom. The molecule has 0 atom stereocenters. The van der Waals surface area contributed by atoms with Crippen LogP contribution in [0.5, 0.6) is 5.75 Å². The van der Waals surface area contributed by atoms with E-state index in [0.717, 1.165) is 20.2 Å². The van der Waals surface area contributed by atoms with E-state index in [1.807, 2.05) is 69.3 Å². The van der Waals surface area contributed by atoms with Crippen LogP contribution in [0.2, 0.25) is 0 Å². The molecule has 0 aliphatic carbocycles. The molecule has 0 aliphatic heterocycles. The van der Waals surface area contributed by atoms with Crippen molar-refractivity contribution in [3.8, 4) is 5.75 Å². The molecule has 0 aliphatic rings. The van der Waals surface area contributed by atoms with Gasteiger partial charge in [-0.3, -0.25) is 9.59 Å². The van der Waals surface area contributed by atoms with Gasteiger partial charge in [0.25, 0.3) is 11.5 Å². The standard InChI is InChI=1S/C27H24Br2N4O3/c1-16(2)26-32-23-10-8-20(29)13-21(23)27(35)33(26)30-14-18-12-19(28)9-11-24(18)36-15-25(34)31-22-7-5-4-6-17(22)3/h4-14,16H,15H2,1-3H3,(H,31,34). The molecule has 0 spiro atoms. The minimum Gasteiger partial charge on any atom is -0.483 e. The van der Waals surface area contributed by atoms with E-state index in [-0.39, 0.29) is 24.0 Å². The van der Waals surface area contributed by atoms with Crippen LogP contribution in [0, 0.1) is 6.92 Å². The summed E-state index contributed by atoms with van der Waals surface area (Å²) in [5, 5.41) is 7.80. The number of hydrogen-bond donors (Lipinski definition) is 1. The van der Waals surface area contributed by atoms with Crippen molar-refractivity contribution in [2.24, 2.45) is 5.10 Å². The van der Waals surface area contributed by atoms with Crippen LogP contribution in [-0.4, -0.2) is 28.4 Å². The molecule has 184 valence electrons. The number of halogens is 2. The largest absolute Gasteiger partial charge is 0.483 e. The number of carbonyl (C=O) groups is 1. The van der Waals surface area contributed by atoms with E-state index in [9.17, 15) is 9.59 Å². The van der Waals surface area contributed by atoms with Crippen molar-refractivity contribution in [2.45, 2.75) is 26.7 Å². The van der Waals surface area contributed by atoms with Gasteiger partial charge >= 0.3 is 0 Å². The summed E-state index contributed by atoms with van der Waals surface area (Å²) in [7, 11) is 0. The number of carbonyl (C=O) groups excluding carboxylic acids is 1. The van der Waals surface area contributed by atoms with Gasteiger partial charge in [0.1, 0.15) is 11.6 Å². The van der Waals surface area contributed by atoms with Crippen molar-refractivity contribution in [3.63, 3.8) is 0 Å². The molecule has 0 unspecified atom stereocenters. The van der Waals surface area contributed by atoms with Crippen molar-refractivity contribution in [1.29, 1.82) is 0 Å². The van der Waals surface area contributed by atoms with Gasteiger partial charge in [-0.1, -0.05) is 63.9 Å². The van der Waals surface area contributed by atoms with Gasteiger partial charge in [-0.2, -0.15) is 9.78 Å². The number of benzene rings is 3. The predicted molar refractivity (Wildman–Crippen MR) is 150 cm³/mol. The van der Waals surface area contributed by atoms with Gasteiger partial charge in [-0.15, -0.1) is 0 Å². The molecule has 1 heterocycles. The lowest BCUT2D eigenvalue weighted by Crippen LogP contribution is -2.23. The van der Waals surface area contributed by atoms with E-state index in [2.05, 4.69) is 47.3 Å². The highest BCUT2D eigenvalue weighted by atomic mass is 79.9. The average molecular weight is 612 g/mol. The monoisotopic (exact) mass is 610 g/mol. The molecule has 9 heteroatoms. The fourth-order valence-corrected chi connectivity index (χ4v) is 4.31. The molecule has 1 N–H and O–H groups in total. The SMILES string of the molecule is Cc1ccccc1NC(=O)COc1ccc(Br)cc1C=Nn1c(C(C)C)nc2ccc(Br)cc2c1=O. The number of para-hydroxylation sites is 1. The highest BCUT2D eigenvalue weighted by Gasteiger charge is 2.14. The zero-order valence-corrected chi connectivity index (χ0v) is 23.1. The molecular weight excluding hydrogens is 588 g/mol. The predicted octanol–water partition coefficient (Wildman–Crippen LogP) is 6.25. The second-order valence-corrected chi connectivity index (χ2v) is 10.3. The summed E-state index contributed by atoms with van der Waals surface area (Å²) in [6.07, 6.45) is 1.54. The van der Waals surface area contributed by atoms with Gasteiger partial charge in [-0.05, 0) is 55.0 Å². The highest BCUT2D eigenvalue weighted by molar-refractivity contribution is 9.10. The summed E-state index contributed by atoms with van der Waals surface area (Å²) in [6.45, 7) is 5.66. The first-order valence-corrected chi connectivity index (χ1v) is 12.9. The topological polar surface area (TPSA) is 85.6 Å². The number of fused-ring (bicyclic) bond motifs is 1. The Balaban J connectivity index is 1.63. The van der Waals surface area contributed by atoms with Crippen LogP contribution in [0.4, 0.5) is 5.69 Å². The Morgan fingerprint density at radius 2 is 1.83 bits per heavy atom. The van der Waals surface area contributed by atoms with E-state index in [1.54, 1.807) is 12.1 Å². The van der Waals surface area contributed by atoms with Gasteiger partial charge in [-0.25, -0.2) is 4.98 Å². The number of aryl methyl sites for hydroxylation is 1. The molecule has 4 aromatic rings. The number of hydrogen-bond acceptors (Lipinski definition) is 5. The quantitative estimate of drug-likeness (QED) is 0.250. The molecule has 0 saturated carbocycles. The number of anilines is 1. The van der Waals surface area contributed by atoms with Crippen LogP contribution >= 0.6 is 31.9 Å². The van der Waals surface area contributed by atoms with E-state index in [0.29, 0.717) is 28.0 Å². The van der Waals surface area contributed by atoms with Gasteiger partial charge in [0, 0.05) is 26.1 Å². The zero-order valence-electron chi connectivity index (χ0n) is 20.0. The van der Waals surface area contributed by atoms with Crippen LogP contribution in [0.3, 0.4) is 0 Å². The lowest BCUT2D eigenvalue weighted by atomic mass is 10.2. The Morgan fingerprint density at radius 3 is 2.58 bits per heavy atom. The summed E-state index contributed by atoms with van der Waals surface area (Å²) < 4.78 is 8.72. The summed E-state index contributed by atoms with van der Waals surface area (Å²) in [4.78, 5) is 30.4. The third kappa shape index (κ3) is 5.91. The number of rotatable bonds is 7. The molecule has 7 nitrogen and oxygen atoms in total. The molecule has 0 bridgehead atoms. The van der Waals surface area contributed by atoms with E-state index in [1.165, 1.54) is 10.9 Å². The van der Waals surface area contributed by atoms with Gasteiger partial charge in [0.05, 0.1) is 17.1 Å². The first kappa shape index (κ1) is 25.8. The first-order chi connectivity index (χ1) is 17.2. The second-order valence-electron chi connectivity index (χ2n) is 8.48. The van der Waals surface area contributed by atoms with Gasteiger partial charge in [0.2, 0.25) is 0 Å². The van der Waals surface area contributed by atoms with Crippen LogP contribution < -0.4 is 15.6 Å². The fourth-order valence-electron chi connectivity index (χ4n) is 3.57. The van der Waals surface area contributed by atoms with Crippen LogP contribution in [0.15, 0.2) is 79.5 Å². The summed E-state index contributed by atoms with van der Waals surface area (Å²) in [6, 6.07) is 18.3. The maximum atomic E-state index is 13.3. The average Bonchev–Trinajstić information content (AvgIpc) is 2.84. The van der Waals surface area contributed by atoms with Crippen molar-refractivity contribution in [1.82, 2.24) is 9.66 Å². The summed E-state index contributed by atoms with van der Waals surface area (Å²) in [5.74, 6) is 0.683. The summed E-state index contributed by atoms with van der Waals surface area (Å²) >= 11 is 6.88. The van der Waals surface area contributed by atoms with Crippen LogP contribution in [0.1, 0.15) is 36.7 Å². The Kier molecular flexibility index (Phi) is 8.01. The number of ether oxygens (including phenoxy) is 1. The molecule has 1 amide bonds. The number of nitrogens with one attached hydrogen (secondary N) is 1. The minimum atomic E-state index is -0.280. The van der Waals surface area contributed by atoms with E-state index < -0.39 is 0 Å². The smallest absolute Gasteiger partial charge is 0.282 e. The molecule has 4 rings (SSSR count). The second kappa shape index (κ2) is 11.2. The Labute approximate surface area is 225 Å². The normalized spacial score (nSPS) is 11.4. The maximum absolute atomic E-state index is 13.3. The highest BCUT2D eigenvalue weighted by Crippen LogP contribution is 2.23. The fraction of sp³-hybridized carbons (Fsp3) is 0.185. The number of amides is 1. The van der Waals surface area contributed by atoms with Gasteiger partial charge in [0.15, 0.2) is 6.61 Å². The third-order valence-corrected chi connectivity index (χ3v) is 6.40. The van der Waals surface area contributed by atoms with Crippen LogP contribution in [0.25, 0.3) is 10.9 Å². The zero-order chi connectivity index (χ0) is 25.8. The third-order valence-electron chi connectivity index (χ3n) is 5.41. The molecule has 1 aromatic heterocycles. The molecule has 0 fully saturated rings. The molecule has 3 aromatic carbocycles. The van der Waals surface area contributed by atoms with Crippen molar-refractivity contribution in [2.75, 3.05) is 11.9 Å². The summed E-state index contributed by atoms with van der Waals surface area (Å²) in [5.41, 5.74) is 2.65. The van der Waals surface area contributed by atoms with Crippen molar-refractivity contribution >= 4 is 60.6 Å². The van der Waals surface area contributed by atoms with Gasteiger partial charge < -0.3 is 10.1 Å².